The van der Waals surface area contributed by atoms with Gasteiger partial charge in [-0.15, -0.1) is 0 Å². The largest absolute Gasteiger partial charge is 0.379 e. The Morgan fingerprint density at radius 1 is 1.23 bits per heavy atom. The molecule has 2 aromatic carbocycles. The predicted octanol–water partition coefficient (Wildman–Crippen LogP) is 2.71. The molecule has 2 amide bonds. The third-order valence-electron chi connectivity index (χ3n) is 6.12. The maximum absolute atomic E-state index is 12.8. The average Bonchev–Trinajstić information content (AvgIpc) is 2.87. The second kappa shape index (κ2) is 10.3. The van der Waals surface area contributed by atoms with Gasteiger partial charge in [-0.1, -0.05) is 24.8 Å². The van der Waals surface area contributed by atoms with Crippen LogP contribution in [-0.4, -0.2) is 59.4 Å². The van der Waals surface area contributed by atoms with Gasteiger partial charge in [-0.25, -0.2) is 9.97 Å². The van der Waals surface area contributed by atoms with Crippen LogP contribution in [0.1, 0.15) is 33.7 Å². The second-order valence-corrected chi connectivity index (χ2v) is 8.67. The minimum absolute atomic E-state index is 0.127. The van der Waals surface area contributed by atoms with Crippen LogP contribution in [0.25, 0.3) is 22.2 Å². The molecule has 4 rings (SSSR count). The fourth-order valence-electron chi connectivity index (χ4n) is 4.13. The number of nitriles is 1. The van der Waals surface area contributed by atoms with E-state index in [9.17, 15) is 9.59 Å². The molecule has 0 radical (unpaired) electrons. The molecule has 0 aliphatic carbocycles. The first-order valence-electron chi connectivity index (χ1n) is 11.4. The number of carbonyl (C=O) groups excluding carboxylic acids is 2. The van der Waals surface area contributed by atoms with E-state index in [4.69, 9.17) is 11.0 Å². The van der Waals surface area contributed by atoms with Crippen molar-refractivity contribution in [1.29, 1.82) is 5.26 Å². The second-order valence-electron chi connectivity index (χ2n) is 8.67. The molecule has 0 saturated carbocycles. The molecule has 1 aromatic heterocycles. The van der Waals surface area contributed by atoms with Gasteiger partial charge in [0.05, 0.1) is 17.3 Å². The SMILES string of the molecule is C=C(C#N)CNc1c(C(N)=O)ccc2ccc(-c3nccc(C(=O)NC4CCN(C)CC4)n3)cc12. The van der Waals surface area contributed by atoms with E-state index in [2.05, 4.69) is 39.1 Å². The standard InChI is InChI=1S/C26H27N7O2/c1-16(14-27)15-30-23-20(24(28)34)6-5-17-3-4-18(13-21(17)23)25-29-10-7-22(32-25)26(35)31-19-8-11-33(2)12-9-19/h3-7,10,13,19,30H,1,8-9,11-12,15H2,2H3,(H2,28,34)(H,31,35). The maximum Gasteiger partial charge on any atom is 0.270 e. The molecule has 0 atom stereocenters. The zero-order valence-corrected chi connectivity index (χ0v) is 19.5. The summed E-state index contributed by atoms with van der Waals surface area (Å²) in [4.78, 5) is 36.0. The van der Waals surface area contributed by atoms with Gasteiger partial charge in [0.15, 0.2) is 5.82 Å². The van der Waals surface area contributed by atoms with Crippen molar-refractivity contribution in [3.63, 3.8) is 0 Å². The number of primary amides is 1. The first-order valence-corrected chi connectivity index (χ1v) is 11.4. The fourth-order valence-corrected chi connectivity index (χ4v) is 4.13. The summed E-state index contributed by atoms with van der Waals surface area (Å²) in [6.45, 7) is 5.74. The number of carbonyl (C=O) groups is 2. The van der Waals surface area contributed by atoms with Crippen LogP contribution in [0.2, 0.25) is 0 Å². The molecular weight excluding hydrogens is 442 g/mol. The molecule has 9 nitrogen and oxygen atoms in total. The maximum atomic E-state index is 12.8. The summed E-state index contributed by atoms with van der Waals surface area (Å²) in [6.07, 6.45) is 3.37. The number of fused-ring (bicyclic) bond motifs is 1. The highest BCUT2D eigenvalue weighted by Gasteiger charge is 2.20. The summed E-state index contributed by atoms with van der Waals surface area (Å²) in [5, 5.41) is 16.8. The van der Waals surface area contributed by atoms with E-state index < -0.39 is 5.91 Å². The quantitative estimate of drug-likeness (QED) is 0.453. The summed E-state index contributed by atoms with van der Waals surface area (Å²) in [7, 11) is 2.07. The number of nitrogens with two attached hydrogens (primary N) is 1. The molecule has 0 bridgehead atoms. The van der Waals surface area contributed by atoms with E-state index in [1.807, 2.05) is 24.3 Å². The number of nitrogens with one attached hydrogen (secondary N) is 2. The van der Waals surface area contributed by atoms with Crippen LogP contribution in [0.5, 0.6) is 0 Å². The smallest absolute Gasteiger partial charge is 0.270 e. The molecule has 1 aliphatic rings. The Morgan fingerprint density at radius 3 is 2.69 bits per heavy atom. The number of rotatable bonds is 7. The van der Waals surface area contributed by atoms with Gasteiger partial charge in [-0.3, -0.25) is 9.59 Å². The van der Waals surface area contributed by atoms with Crippen molar-refractivity contribution in [2.75, 3.05) is 32.0 Å². The van der Waals surface area contributed by atoms with Crippen molar-refractivity contribution in [1.82, 2.24) is 20.2 Å². The van der Waals surface area contributed by atoms with Gasteiger partial charge in [0, 0.05) is 35.3 Å². The van der Waals surface area contributed by atoms with E-state index in [0.717, 1.165) is 31.3 Å². The van der Waals surface area contributed by atoms with Crippen molar-refractivity contribution in [2.45, 2.75) is 18.9 Å². The number of amides is 2. The fraction of sp³-hybridized carbons (Fsp3) is 0.269. The molecule has 9 heteroatoms. The van der Waals surface area contributed by atoms with Crippen LogP contribution in [0, 0.1) is 11.3 Å². The highest BCUT2D eigenvalue weighted by molar-refractivity contribution is 6.08. The Kier molecular flexibility index (Phi) is 7.03. The summed E-state index contributed by atoms with van der Waals surface area (Å²) >= 11 is 0. The minimum Gasteiger partial charge on any atom is -0.379 e. The van der Waals surface area contributed by atoms with Crippen LogP contribution >= 0.6 is 0 Å². The summed E-state index contributed by atoms with van der Waals surface area (Å²) in [5.41, 5.74) is 7.69. The van der Waals surface area contributed by atoms with Crippen molar-refractivity contribution < 1.29 is 9.59 Å². The van der Waals surface area contributed by atoms with Crippen molar-refractivity contribution >= 4 is 28.3 Å². The third-order valence-corrected chi connectivity index (χ3v) is 6.12. The summed E-state index contributed by atoms with van der Waals surface area (Å²) in [6, 6.07) is 12.7. The van der Waals surface area contributed by atoms with Crippen LogP contribution in [0.15, 0.2) is 54.7 Å². The molecule has 1 fully saturated rings. The monoisotopic (exact) mass is 469 g/mol. The molecule has 0 unspecified atom stereocenters. The lowest BCUT2D eigenvalue weighted by molar-refractivity contribution is 0.0911. The van der Waals surface area contributed by atoms with Gasteiger partial charge >= 0.3 is 0 Å². The molecule has 1 saturated heterocycles. The Bertz CT molecular complexity index is 1340. The Balaban J connectivity index is 1.65. The molecule has 35 heavy (non-hydrogen) atoms. The van der Waals surface area contributed by atoms with Gasteiger partial charge in [0.25, 0.3) is 11.8 Å². The lowest BCUT2D eigenvalue weighted by Gasteiger charge is -2.29. The number of hydrogen-bond acceptors (Lipinski definition) is 7. The van der Waals surface area contributed by atoms with Gasteiger partial charge in [0.1, 0.15) is 5.69 Å². The predicted molar refractivity (Wildman–Crippen MR) is 135 cm³/mol. The van der Waals surface area contributed by atoms with Gasteiger partial charge in [-0.05, 0) is 56.6 Å². The molecule has 3 aromatic rings. The third kappa shape index (κ3) is 5.45. The Labute approximate surface area is 203 Å². The topological polar surface area (TPSA) is 137 Å². The lowest BCUT2D eigenvalue weighted by atomic mass is 10.0. The Hall–Kier alpha value is -4.29. The van der Waals surface area contributed by atoms with E-state index in [1.165, 1.54) is 0 Å². The molecule has 178 valence electrons. The van der Waals surface area contributed by atoms with Crippen LogP contribution in [-0.2, 0) is 0 Å². The van der Waals surface area contributed by atoms with Crippen molar-refractivity contribution in [2.24, 2.45) is 5.73 Å². The van der Waals surface area contributed by atoms with Crippen LogP contribution in [0.3, 0.4) is 0 Å². The number of piperidine rings is 1. The first-order chi connectivity index (χ1) is 16.9. The van der Waals surface area contributed by atoms with Gasteiger partial charge in [0.2, 0.25) is 0 Å². The molecule has 1 aliphatic heterocycles. The highest BCUT2D eigenvalue weighted by atomic mass is 16.2. The number of aromatic nitrogens is 2. The number of nitrogens with zero attached hydrogens (tertiary/aromatic N) is 4. The van der Waals surface area contributed by atoms with Gasteiger partial charge in [-0.2, -0.15) is 5.26 Å². The van der Waals surface area contributed by atoms with E-state index in [1.54, 1.807) is 24.4 Å². The Morgan fingerprint density at radius 2 is 1.97 bits per heavy atom. The van der Waals surface area contributed by atoms with Gasteiger partial charge < -0.3 is 21.3 Å². The zero-order chi connectivity index (χ0) is 24.9. The molecule has 2 heterocycles. The molecular formula is C26H27N7O2. The number of benzene rings is 2. The average molecular weight is 470 g/mol. The van der Waals surface area contributed by atoms with Crippen LogP contribution < -0.4 is 16.4 Å². The number of hydrogen-bond donors (Lipinski definition) is 3. The normalized spacial score (nSPS) is 14.3. The first kappa shape index (κ1) is 23.9. The molecule has 4 N–H and O–H groups in total. The van der Waals surface area contributed by atoms with Crippen molar-refractivity contribution in [3.8, 4) is 17.5 Å². The highest BCUT2D eigenvalue weighted by Crippen LogP contribution is 2.31. The number of likely N-dealkylation sites (tertiary alicyclic amines) is 1. The van der Waals surface area contributed by atoms with Crippen LogP contribution in [0.4, 0.5) is 5.69 Å². The minimum atomic E-state index is -0.591. The summed E-state index contributed by atoms with van der Waals surface area (Å²) in [5.74, 6) is -0.427. The van der Waals surface area contributed by atoms with E-state index in [-0.39, 0.29) is 18.5 Å². The molecule has 0 spiro atoms. The number of anilines is 1. The lowest BCUT2D eigenvalue weighted by Crippen LogP contribution is -2.43. The zero-order valence-electron chi connectivity index (χ0n) is 19.5. The summed E-state index contributed by atoms with van der Waals surface area (Å²) < 4.78 is 0. The van der Waals surface area contributed by atoms with Crippen molar-refractivity contribution in [3.05, 3.63) is 66.0 Å². The van der Waals surface area contributed by atoms with E-state index >= 15 is 0 Å². The van der Waals surface area contributed by atoms with E-state index in [0.29, 0.717) is 39.3 Å².